The number of nitrogens with one attached hydrogen (secondary N) is 17. The molecule has 115 heavy (non-hydrogen) atoms. The van der Waals surface area contributed by atoms with E-state index in [9.17, 15) is 24.3 Å². The number of carbonyl (C=O) groups is 10. The maximum absolute atomic E-state index is 15.8. The van der Waals surface area contributed by atoms with E-state index in [1.807, 2.05) is 97.1 Å². The maximum Gasteiger partial charge on any atom is 0.326 e. The van der Waals surface area contributed by atoms with E-state index >= 15 is 28.8 Å². The number of benzene rings is 4. The number of rotatable bonds is 51. The number of carbonyl (C=O) groups excluding carboxylic acids is 9. The van der Waals surface area contributed by atoms with Crippen molar-refractivity contribution in [3.05, 3.63) is 144 Å². The van der Waals surface area contributed by atoms with Crippen molar-refractivity contribution in [3.63, 3.8) is 0 Å². The second kappa shape index (κ2) is 45.7. The summed E-state index contributed by atoms with van der Waals surface area (Å²) in [4.78, 5) is 161. The van der Waals surface area contributed by atoms with Crippen LogP contribution in [0.5, 0.6) is 0 Å². The predicted molar refractivity (Wildman–Crippen MR) is 441 cm³/mol. The zero-order valence-electron chi connectivity index (χ0n) is 64.8. The quantitative estimate of drug-likeness (QED) is 0.0142. The second-order valence-electron chi connectivity index (χ2n) is 28.9. The first-order chi connectivity index (χ1) is 55.5. The number of carboxylic acid groups (broad SMARTS) is 1. The standard InChI is InChI=1S/C80H114N24O11/c81-33-13-9-28-60(98-74(110)65(39-47-43-92-56-24-5-1-19-51(47)56)101-73(109)63(32-18-38-91-80(88)89)96-69(105)55(85)23-17-37-90-79(86)87)70(106)97-62(30-11-15-35-83)72(108)102-67(41-49-45-94-58-26-7-3-21-53(49)58)76(112)104-68(42-50-46-95-59-27-8-4-22-54(50)59)77(113)103-66(40-48-44-93-57-25-6-2-20-52(48)57)75(111)99-61(29-10-14-34-82)71(107)100-64(78(114)115)31-12-16-36-84/h1-8,19-22,24-27,43-46,55,60-68,92-95H,9-18,23,28-42,81-85H2,(H,96,105)(H,97,106)(H,98,110)(H,99,111)(H,100,107)(H,101,109)(H,102,108)(H,103,113)(H,104,112)(H,114,115)(H4,86,87,90)(H4,88,89,91)/t55-,60-,61-,62-,63-,64-,65-,66-,67-,68-/m0/s1. The van der Waals surface area contributed by atoms with Crippen molar-refractivity contribution in [2.24, 2.45) is 40.1 Å². The van der Waals surface area contributed by atoms with Crippen molar-refractivity contribution in [1.82, 2.24) is 78.4 Å². The van der Waals surface area contributed by atoms with Gasteiger partial charge in [0.1, 0.15) is 54.4 Å². The van der Waals surface area contributed by atoms with Gasteiger partial charge in [-0.25, -0.2) is 4.79 Å². The molecule has 4 aromatic carbocycles. The van der Waals surface area contributed by atoms with E-state index in [1.165, 1.54) is 0 Å². The van der Waals surface area contributed by atoms with E-state index in [0.717, 1.165) is 21.8 Å². The highest BCUT2D eigenvalue weighted by Gasteiger charge is 2.37. The molecule has 0 saturated carbocycles. The van der Waals surface area contributed by atoms with Gasteiger partial charge in [0, 0.05) is 107 Å². The smallest absolute Gasteiger partial charge is 0.326 e. The fraction of sp³-hybridized carbons (Fsp3) is 0.450. The molecule has 0 aliphatic carbocycles. The lowest BCUT2D eigenvalue weighted by Crippen LogP contribution is -2.61. The molecule has 620 valence electrons. The van der Waals surface area contributed by atoms with E-state index in [0.29, 0.717) is 108 Å². The molecular formula is C80H114N24O11. The molecular weight excluding hydrogens is 1470 g/mol. The Morgan fingerprint density at radius 3 is 0.809 bits per heavy atom. The third-order valence-corrected chi connectivity index (χ3v) is 20.2. The van der Waals surface area contributed by atoms with Crippen LogP contribution in [-0.4, -0.2) is 196 Å². The normalized spacial score (nSPS) is 14.0. The summed E-state index contributed by atoms with van der Waals surface area (Å²) in [6.45, 7) is 1.40. The summed E-state index contributed by atoms with van der Waals surface area (Å²) in [7, 11) is 0. The highest BCUT2D eigenvalue weighted by molar-refractivity contribution is 6.00. The molecule has 0 radical (unpaired) electrons. The molecule has 35 nitrogen and oxygen atoms in total. The van der Waals surface area contributed by atoms with Crippen molar-refractivity contribution in [2.75, 3.05) is 39.3 Å². The number of H-pyrrole nitrogens is 4. The molecule has 0 spiro atoms. The van der Waals surface area contributed by atoms with Gasteiger partial charge in [-0.1, -0.05) is 72.8 Å². The number of para-hydroxylation sites is 4. The highest BCUT2D eigenvalue weighted by atomic mass is 16.4. The van der Waals surface area contributed by atoms with Crippen LogP contribution in [0.1, 0.15) is 125 Å². The second-order valence-corrected chi connectivity index (χ2v) is 28.9. The van der Waals surface area contributed by atoms with Crippen LogP contribution in [0.2, 0.25) is 0 Å². The number of unbranched alkanes of at least 4 members (excludes halogenated alkanes) is 4. The minimum absolute atomic E-state index is 0.00663. The SMILES string of the molecule is N=C(N)NCCC[C@H](NC(=O)[C@@H](N)CCCNC(=N)N)C(=O)N[C@@H](Cc1c[nH]c2ccccc12)C(=O)N[C@@H](CCCCN)C(=O)N[C@@H](CCCCN)C(=O)N[C@@H](Cc1c[nH]c2ccccc12)C(=O)N[C@@H](Cc1c[nH]c2ccccc12)C(=O)N[C@@H](Cc1c[nH]c2ccccc12)C(=O)N[C@@H](CCCCN)C(=O)N[C@@H](CCCCN)C(=O)O. The molecule has 0 aliphatic heterocycles. The summed E-state index contributed by atoms with van der Waals surface area (Å²) in [5.74, 6) is -9.04. The summed E-state index contributed by atoms with van der Waals surface area (Å²) in [5, 5.41) is 59.1. The lowest BCUT2D eigenvalue weighted by Gasteiger charge is -2.28. The number of guanidine groups is 2. The van der Waals surface area contributed by atoms with Gasteiger partial charge >= 0.3 is 5.97 Å². The Morgan fingerprint density at radius 2 is 0.539 bits per heavy atom. The van der Waals surface area contributed by atoms with Crippen molar-refractivity contribution in [1.29, 1.82) is 10.8 Å². The monoisotopic (exact) mass is 1590 g/mol. The lowest BCUT2D eigenvalue weighted by molar-refractivity contribution is -0.142. The lowest BCUT2D eigenvalue weighted by atomic mass is 9.99. The Bertz CT molecular complexity index is 4570. The average Bonchev–Trinajstić information content (AvgIpc) is 1.70. The number of hydrogen-bond donors (Lipinski definition) is 25. The molecule has 32 N–H and O–H groups in total. The van der Waals surface area contributed by atoms with Gasteiger partial charge in [-0.3, -0.25) is 54.0 Å². The van der Waals surface area contributed by atoms with Gasteiger partial charge in [-0.05, 0) is 175 Å². The van der Waals surface area contributed by atoms with E-state index in [4.69, 9.17) is 51.0 Å². The molecule has 0 aliphatic rings. The van der Waals surface area contributed by atoms with E-state index < -0.39 is 120 Å². The van der Waals surface area contributed by atoms with Crippen molar-refractivity contribution < 1.29 is 53.1 Å². The minimum atomic E-state index is -1.51. The topological polar surface area (TPSA) is 616 Å². The minimum Gasteiger partial charge on any atom is -0.480 e. The number of nitrogens with two attached hydrogens (primary N) is 7. The van der Waals surface area contributed by atoms with Gasteiger partial charge in [0.05, 0.1) is 6.04 Å². The molecule has 0 saturated heterocycles. The van der Waals surface area contributed by atoms with Gasteiger partial charge in [0.15, 0.2) is 11.9 Å². The van der Waals surface area contributed by atoms with Gasteiger partial charge in [-0.2, -0.15) is 0 Å². The summed E-state index contributed by atoms with van der Waals surface area (Å²) in [5.41, 5.74) is 46.2. The molecule has 8 rings (SSSR count). The number of amides is 9. The van der Waals surface area contributed by atoms with Crippen LogP contribution in [0, 0.1) is 10.8 Å². The third kappa shape index (κ3) is 27.1. The maximum atomic E-state index is 15.8. The van der Waals surface area contributed by atoms with Crippen LogP contribution < -0.4 is 98.6 Å². The fourth-order valence-electron chi connectivity index (χ4n) is 13.9. The fourth-order valence-corrected chi connectivity index (χ4v) is 13.9. The van der Waals surface area contributed by atoms with Gasteiger partial charge in [-0.15, -0.1) is 0 Å². The Labute approximate surface area is 666 Å². The summed E-state index contributed by atoms with van der Waals surface area (Å²) >= 11 is 0. The van der Waals surface area contributed by atoms with Crippen LogP contribution >= 0.6 is 0 Å². The molecule has 4 heterocycles. The molecule has 8 aromatic rings. The Balaban J connectivity index is 1.11. The molecule has 0 bridgehead atoms. The van der Waals surface area contributed by atoms with Crippen LogP contribution in [0.4, 0.5) is 0 Å². The number of fused-ring (bicyclic) bond motifs is 4. The first-order valence-electron chi connectivity index (χ1n) is 39.4. The van der Waals surface area contributed by atoms with E-state index in [-0.39, 0.29) is 115 Å². The van der Waals surface area contributed by atoms with Crippen molar-refractivity contribution in [3.8, 4) is 0 Å². The highest BCUT2D eigenvalue weighted by Crippen LogP contribution is 2.25. The number of carboxylic acids is 1. The van der Waals surface area contributed by atoms with Crippen molar-refractivity contribution >= 4 is 115 Å². The van der Waals surface area contributed by atoms with Gasteiger partial charge < -0.3 is 124 Å². The molecule has 0 unspecified atom stereocenters. The first kappa shape index (κ1) is 88.6. The Kier molecular flexibility index (Phi) is 35.2. The first-order valence-corrected chi connectivity index (χ1v) is 39.4. The predicted octanol–water partition coefficient (Wildman–Crippen LogP) is 0.700. The molecule has 4 aromatic heterocycles. The number of aromatic amines is 4. The molecule has 35 heteroatoms. The molecule has 9 amide bonds. The number of aromatic nitrogens is 4. The summed E-state index contributed by atoms with van der Waals surface area (Å²) < 4.78 is 0. The number of hydrogen-bond acceptors (Lipinski definition) is 17. The van der Waals surface area contributed by atoms with E-state index in [1.54, 1.807) is 24.8 Å². The van der Waals surface area contributed by atoms with Crippen LogP contribution in [-0.2, 0) is 73.6 Å². The number of aliphatic carboxylic acids is 1. The van der Waals surface area contributed by atoms with E-state index in [2.05, 4.69) is 78.4 Å². The third-order valence-electron chi connectivity index (χ3n) is 20.2. The Morgan fingerprint density at radius 1 is 0.313 bits per heavy atom. The Hall–Kier alpha value is -11.9. The van der Waals surface area contributed by atoms with Gasteiger partial charge in [0.25, 0.3) is 0 Å². The molecule has 10 atom stereocenters. The van der Waals surface area contributed by atoms with Gasteiger partial charge in [0.2, 0.25) is 53.2 Å². The van der Waals surface area contributed by atoms with Crippen LogP contribution in [0.3, 0.4) is 0 Å². The largest absolute Gasteiger partial charge is 0.480 e. The summed E-state index contributed by atoms with van der Waals surface area (Å²) in [6, 6.07) is 15.6. The van der Waals surface area contributed by atoms with Crippen LogP contribution in [0.25, 0.3) is 43.6 Å². The zero-order valence-corrected chi connectivity index (χ0v) is 64.8. The van der Waals surface area contributed by atoms with Crippen LogP contribution in [0.15, 0.2) is 122 Å². The summed E-state index contributed by atoms with van der Waals surface area (Å²) in [6.07, 6.45) is 10.1. The van der Waals surface area contributed by atoms with Crippen molar-refractivity contribution in [2.45, 2.75) is 189 Å². The zero-order chi connectivity index (χ0) is 82.8. The average molecular weight is 1590 g/mol. The molecule has 0 fully saturated rings.